The third-order valence-electron chi connectivity index (χ3n) is 5.46. The lowest BCUT2D eigenvalue weighted by atomic mass is 10.0. The number of benzene rings is 2. The van der Waals surface area contributed by atoms with Crippen molar-refractivity contribution in [1.29, 1.82) is 0 Å². The Balaban J connectivity index is 1.87. The van der Waals surface area contributed by atoms with Crippen LogP contribution < -0.4 is 10.1 Å². The van der Waals surface area contributed by atoms with E-state index in [2.05, 4.69) is 11.9 Å². The highest BCUT2D eigenvalue weighted by Crippen LogP contribution is 2.33. The van der Waals surface area contributed by atoms with Crippen molar-refractivity contribution in [1.82, 2.24) is 9.62 Å². The first kappa shape index (κ1) is 23.0. The van der Waals surface area contributed by atoms with Crippen LogP contribution >= 0.6 is 0 Å². The van der Waals surface area contributed by atoms with Crippen molar-refractivity contribution in [3.63, 3.8) is 0 Å². The standard InChI is InChI=1S/C24H30N2O4S/c1-17(2)15-22(24(27)25-16-19-9-11-20(30-4)12-10-19)26-14-13-18(3)21-7-5-6-8-23(21)31(26,28)29/h5-12,17,22H,3,13-16H2,1-2,4H3,(H,25,27)/t22-/m0/s1. The van der Waals surface area contributed by atoms with Gasteiger partial charge in [0.05, 0.1) is 12.0 Å². The van der Waals surface area contributed by atoms with Crippen molar-refractivity contribution in [2.75, 3.05) is 13.7 Å². The van der Waals surface area contributed by atoms with E-state index in [-0.39, 0.29) is 23.3 Å². The molecule has 0 aromatic heterocycles. The van der Waals surface area contributed by atoms with E-state index in [0.717, 1.165) is 16.9 Å². The fourth-order valence-corrected chi connectivity index (χ4v) is 5.63. The van der Waals surface area contributed by atoms with Crippen molar-refractivity contribution in [2.24, 2.45) is 5.92 Å². The molecule has 1 aliphatic rings. The van der Waals surface area contributed by atoms with Gasteiger partial charge >= 0.3 is 0 Å². The zero-order chi connectivity index (χ0) is 22.6. The Bertz CT molecular complexity index is 1050. The average Bonchev–Trinajstić information content (AvgIpc) is 2.85. The maximum Gasteiger partial charge on any atom is 0.244 e. The predicted octanol–water partition coefficient (Wildman–Crippen LogP) is 3.83. The second kappa shape index (κ2) is 9.66. The lowest BCUT2D eigenvalue weighted by Crippen LogP contribution is -2.50. The van der Waals surface area contributed by atoms with Crippen molar-refractivity contribution >= 4 is 21.5 Å². The number of carbonyl (C=O) groups excluding carboxylic acids is 1. The molecule has 0 fully saturated rings. The summed E-state index contributed by atoms with van der Waals surface area (Å²) in [5, 5.41) is 2.92. The molecule has 166 valence electrons. The van der Waals surface area contributed by atoms with E-state index in [1.54, 1.807) is 25.3 Å². The SMILES string of the molecule is C=C1CCN([C@@H](CC(C)C)C(=O)NCc2ccc(OC)cc2)S(=O)(=O)c2ccccc21. The normalized spacial score (nSPS) is 17.0. The van der Waals surface area contributed by atoms with Gasteiger partial charge in [0.25, 0.3) is 0 Å². The first-order valence-corrected chi connectivity index (χ1v) is 11.9. The number of nitrogens with zero attached hydrogens (tertiary/aromatic N) is 1. The maximum absolute atomic E-state index is 13.5. The minimum absolute atomic E-state index is 0.147. The molecule has 0 radical (unpaired) electrons. The van der Waals surface area contributed by atoms with Crippen molar-refractivity contribution < 1.29 is 17.9 Å². The summed E-state index contributed by atoms with van der Waals surface area (Å²) in [6, 6.07) is 13.5. The van der Waals surface area contributed by atoms with Gasteiger partial charge in [-0.15, -0.1) is 0 Å². The Labute approximate surface area is 185 Å². The van der Waals surface area contributed by atoms with Gasteiger partial charge in [0, 0.05) is 13.1 Å². The molecular weight excluding hydrogens is 412 g/mol. The Morgan fingerprint density at radius 2 is 1.84 bits per heavy atom. The summed E-state index contributed by atoms with van der Waals surface area (Å²) in [6.07, 6.45) is 0.916. The largest absolute Gasteiger partial charge is 0.497 e. The molecule has 1 N–H and O–H groups in total. The molecule has 3 rings (SSSR count). The van der Waals surface area contributed by atoms with Gasteiger partial charge in [0.1, 0.15) is 11.8 Å². The van der Waals surface area contributed by atoms with Crippen LogP contribution in [0.3, 0.4) is 0 Å². The minimum Gasteiger partial charge on any atom is -0.497 e. The van der Waals surface area contributed by atoms with E-state index in [4.69, 9.17) is 4.74 Å². The van der Waals surface area contributed by atoms with E-state index in [0.29, 0.717) is 24.9 Å². The van der Waals surface area contributed by atoms with Gasteiger partial charge in [-0.1, -0.05) is 50.8 Å². The summed E-state index contributed by atoms with van der Waals surface area (Å²) in [6.45, 7) is 8.58. The number of nitrogens with one attached hydrogen (secondary N) is 1. The number of sulfonamides is 1. The molecule has 2 aromatic carbocycles. The van der Waals surface area contributed by atoms with E-state index in [1.807, 2.05) is 44.2 Å². The predicted molar refractivity (Wildman–Crippen MR) is 122 cm³/mol. The summed E-state index contributed by atoms with van der Waals surface area (Å²) in [4.78, 5) is 13.4. The summed E-state index contributed by atoms with van der Waals surface area (Å²) in [5.74, 6) is 0.592. The first-order chi connectivity index (χ1) is 14.7. The summed E-state index contributed by atoms with van der Waals surface area (Å²) >= 11 is 0. The zero-order valence-electron chi connectivity index (χ0n) is 18.3. The Morgan fingerprint density at radius 1 is 1.16 bits per heavy atom. The summed E-state index contributed by atoms with van der Waals surface area (Å²) in [5.41, 5.74) is 2.31. The molecule has 31 heavy (non-hydrogen) atoms. The number of hydrogen-bond acceptors (Lipinski definition) is 4. The van der Waals surface area contributed by atoms with Gasteiger partial charge in [0.15, 0.2) is 0 Å². The summed E-state index contributed by atoms with van der Waals surface area (Å²) in [7, 11) is -2.24. The molecule has 0 saturated carbocycles. The quantitative estimate of drug-likeness (QED) is 0.707. The number of ether oxygens (including phenoxy) is 1. The number of carbonyl (C=O) groups is 1. The molecule has 0 bridgehead atoms. The van der Waals surface area contributed by atoms with Crippen LogP contribution in [0, 0.1) is 5.92 Å². The molecule has 1 amide bonds. The molecule has 0 aliphatic carbocycles. The molecule has 1 aliphatic heterocycles. The lowest BCUT2D eigenvalue weighted by Gasteiger charge is -2.30. The van der Waals surface area contributed by atoms with Crippen LogP contribution in [0.5, 0.6) is 5.75 Å². The summed E-state index contributed by atoms with van der Waals surface area (Å²) < 4.78 is 33.6. The molecule has 0 unspecified atom stereocenters. The highest BCUT2D eigenvalue weighted by Gasteiger charge is 2.39. The fourth-order valence-electron chi connectivity index (χ4n) is 3.79. The van der Waals surface area contributed by atoms with Gasteiger partial charge < -0.3 is 10.1 Å². The second-order valence-corrected chi connectivity index (χ2v) is 10.0. The van der Waals surface area contributed by atoms with Crippen LogP contribution in [0.15, 0.2) is 60.0 Å². The van der Waals surface area contributed by atoms with Crippen molar-refractivity contribution in [2.45, 2.75) is 44.2 Å². The number of rotatable bonds is 7. The molecule has 1 atom stereocenters. The van der Waals surface area contributed by atoms with E-state index in [9.17, 15) is 13.2 Å². The molecule has 2 aromatic rings. The fraction of sp³-hybridized carbons (Fsp3) is 0.375. The Kier molecular flexibility index (Phi) is 7.18. The van der Waals surface area contributed by atoms with Crippen LogP contribution in [0.1, 0.15) is 37.8 Å². The highest BCUT2D eigenvalue weighted by molar-refractivity contribution is 7.89. The molecule has 1 heterocycles. The molecular formula is C24H30N2O4S. The molecule has 0 spiro atoms. The smallest absolute Gasteiger partial charge is 0.244 e. The number of hydrogen-bond donors (Lipinski definition) is 1. The third-order valence-corrected chi connectivity index (χ3v) is 7.43. The van der Waals surface area contributed by atoms with Gasteiger partial charge in [-0.05, 0) is 53.7 Å². The van der Waals surface area contributed by atoms with E-state index >= 15 is 0 Å². The van der Waals surface area contributed by atoms with Crippen molar-refractivity contribution in [3.05, 3.63) is 66.2 Å². The van der Waals surface area contributed by atoms with Gasteiger partial charge in [-0.25, -0.2) is 8.42 Å². The van der Waals surface area contributed by atoms with Gasteiger partial charge in [0.2, 0.25) is 15.9 Å². The highest BCUT2D eigenvalue weighted by atomic mass is 32.2. The van der Waals surface area contributed by atoms with Crippen molar-refractivity contribution in [3.8, 4) is 5.75 Å². The Hall–Kier alpha value is -2.64. The number of methoxy groups -OCH3 is 1. The first-order valence-electron chi connectivity index (χ1n) is 10.4. The van der Waals surface area contributed by atoms with E-state index in [1.165, 1.54) is 4.31 Å². The molecule has 7 heteroatoms. The number of fused-ring (bicyclic) bond motifs is 1. The molecule has 6 nitrogen and oxygen atoms in total. The molecule has 0 saturated heterocycles. The lowest BCUT2D eigenvalue weighted by molar-refractivity contribution is -0.125. The van der Waals surface area contributed by atoms with Crippen LogP contribution in [0.25, 0.3) is 5.57 Å². The number of amides is 1. The second-order valence-electron chi connectivity index (χ2n) is 8.18. The monoisotopic (exact) mass is 442 g/mol. The van der Waals surface area contributed by atoms with Crippen LogP contribution in [-0.4, -0.2) is 38.3 Å². The minimum atomic E-state index is -3.84. The Morgan fingerprint density at radius 3 is 2.48 bits per heavy atom. The van der Waals surface area contributed by atoms with Crippen LogP contribution in [0.2, 0.25) is 0 Å². The van der Waals surface area contributed by atoms with E-state index < -0.39 is 16.1 Å². The van der Waals surface area contributed by atoms with Crippen LogP contribution in [-0.2, 0) is 21.4 Å². The maximum atomic E-state index is 13.5. The average molecular weight is 443 g/mol. The van der Waals surface area contributed by atoms with Gasteiger partial charge in [-0.2, -0.15) is 4.31 Å². The third kappa shape index (κ3) is 5.17. The van der Waals surface area contributed by atoms with Crippen LogP contribution in [0.4, 0.5) is 0 Å². The van der Waals surface area contributed by atoms with Gasteiger partial charge in [-0.3, -0.25) is 4.79 Å². The zero-order valence-corrected chi connectivity index (χ0v) is 19.1. The topological polar surface area (TPSA) is 75.7 Å².